The predicted octanol–water partition coefficient (Wildman–Crippen LogP) is 1.85. The van der Waals surface area contributed by atoms with Gasteiger partial charge in [0.2, 0.25) is 5.91 Å². The van der Waals surface area contributed by atoms with Gasteiger partial charge in [-0.1, -0.05) is 18.2 Å². The number of carbonyl (C=O) groups excluding carboxylic acids is 1. The zero-order valence-electron chi connectivity index (χ0n) is 13.5. The minimum absolute atomic E-state index is 0.0890. The molecule has 23 heavy (non-hydrogen) atoms. The van der Waals surface area contributed by atoms with Crippen LogP contribution in [0.5, 0.6) is 5.75 Å². The molecule has 1 heterocycles. The Morgan fingerprint density at radius 1 is 1.26 bits per heavy atom. The summed E-state index contributed by atoms with van der Waals surface area (Å²) in [6.45, 7) is 2.62. The number of hydrogen-bond donors (Lipinski definition) is 2. The maximum absolute atomic E-state index is 12.3. The Kier molecular flexibility index (Phi) is 5.51. The smallest absolute Gasteiger partial charge is 0.237 e. The molecule has 1 amide bonds. The van der Waals surface area contributed by atoms with E-state index < -0.39 is 6.04 Å². The zero-order chi connectivity index (χ0) is 16.1. The lowest BCUT2D eigenvalue weighted by molar-refractivity contribution is -0.124. The highest BCUT2D eigenvalue weighted by molar-refractivity contribution is 5.81. The molecule has 1 aliphatic heterocycles. The summed E-state index contributed by atoms with van der Waals surface area (Å²) in [5.41, 5.74) is 7.10. The lowest BCUT2D eigenvalue weighted by atomic mass is 9.92. The van der Waals surface area contributed by atoms with Gasteiger partial charge < -0.3 is 20.5 Å². The summed E-state index contributed by atoms with van der Waals surface area (Å²) in [5, 5.41) is 2.95. The number of rotatable bonds is 7. The van der Waals surface area contributed by atoms with E-state index in [9.17, 15) is 4.79 Å². The van der Waals surface area contributed by atoms with Gasteiger partial charge in [-0.25, -0.2) is 0 Å². The molecule has 0 aromatic heterocycles. The second kappa shape index (κ2) is 7.79. The van der Waals surface area contributed by atoms with Crippen LogP contribution in [0.2, 0.25) is 0 Å². The van der Waals surface area contributed by atoms with Gasteiger partial charge in [0.1, 0.15) is 5.75 Å². The summed E-state index contributed by atoms with van der Waals surface area (Å²) in [6, 6.07) is 7.41. The van der Waals surface area contributed by atoms with Crippen molar-refractivity contribution in [2.24, 2.45) is 17.6 Å². The predicted molar refractivity (Wildman–Crippen MR) is 88.0 cm³/mol. The Hall–Kier alpha value is -1.59. The maximum atomic E-state index is 12.3. The molecule has 1 aromatic rings. The van der Waals surface area contributed by atoms with Crippen molar-refractivity contribution in [3.8, 4) is 5.75 Å². The van der Waals surface area contributed by atoms with Crippen LogP contribution in [0.4, 0.5) is 0 Å². The van der Waals surface area contributed by atoms with Crippen molar-refractivity contribution in [3.05, 3.63) is 29.8 Å². The fourth-order valence-electron chi connectivity index (χ4n) is 2.87. The van der Waals surface area contributed by atoms with Crippen LogP contribution in [0.25, 0.3) is 0 Å². The Bertz CT molecular complexity index is 525. The minimum Gasteiger partial charge on any atom is -0.493 e. The summed E-state index contributed by atoms with van der Waals surface area (Å²) >= 11 is 0. The SMILES string of the molecule is NC(C(=O)NCc1ccccc1OCC1CC1)C1CCOCC1. The first-order chi connectivity index (χ1) is 11.2. The Balaban J connectivity index is 1.51. The van der Waals surface area contributed by atoms with Crippen molar-refractivity contribution in [2.45, 2.75) is 38.3 Å². The number of nitrogens with two attached hydrogens (primary N) is 1. The van der Waals surface area contributed by atoms with Crippen molar-refractivity contribution in [1.82, 2.24) is 5.32 Å². The molecule has 1 unspecified atom stereocenters. The van der Waals surface area contributed by atoms with Gasteiger partial charge in [-0.15, -0.1) is 0 Å². The summed E-state index contributed by atoms with van der Waals surface area (Å²) in [5.74, 6) is 1.69. The van der Waals surface area contributed by atoms with Crippen LogP contribution in [0.3, 0.4) is 0 Å². The number of hydrogen-bond acceptors (Lipinski definition) is 4. The molecular weight excluding hydrogens is 292 g/mol. The first-order valence-corrected chi connectivity index (χ1v) is 8.56. The molecule has 1 saturated heterocycles. The van der Waals surface area contributed by atoms with Gasteiger partial charge in [0.25, 0.3) is 0 Å². The number of ether oxygens (including phenoxy) is 2. The van der Waals surface area contributed by atoms with Crippen LogP contribution in [0.1, 0.15) is 31.2 Å². The third kappa shape index (κ3) is 4.69. The van der Waals surface area contributed by atoms with Crippen molar-refractivity contribution in [2.75, 3.05) is 19.8 Å². The van der Waals surface area contributed by atoms with Crippen LogP contribution in [-0.2, 0) is 16.1 Å². The molecule has 2 fully saturated rings. The molecule has 126 valence electrons. The summed E-state index contributed by atoms with van der Waals surface area (Å²) < 4.78 is 11.2. The van der Waals surface area contributed by atoms with Crippen molar-refractivity contribution < 1.29 is 14.3 Å². The summed E-state index contributed by atoms with van der Waals surface area (Å²) in [7, 11) is 0. The van der Waals surface area contributed by atoms with E-state index in [1.807, 2.05) is 24.3 Å². The van der Waals surface area contributed by atoms with Gasteiger partial charge in [-0.3, -0.25) is 4.79 Å². The Labute approximate surface area is 137 Å². The number of carbonyl (C=O) groups is 1. The van der Waals surface area contributed by atoms with Gasteiger partial charge in [0.15, 0.2) is 0 Å². The van der Waals surface area contributed by atoms with Gasteiger partial charge in [-0.05, 0) is 43.6 Å². The van der Waals surface area contributed by atoms with E-state index >= 15 is 0 Å². The van der Waals surface area contributed by atoms with Crippen molar-refractivity contribution in [3.63, 3.8) is 0 Å². The van der Waals surface area contributed by atoms with Crippen molar-refractivity contribution in [1.29, 1.82) is 0 Å². The zero-order valence-corrected chi connectivity index (χ0v) is 13.5. The van der Waals surface area contributed by atoms with E-state index in [1.165, 1.54) is 12.8 Å². The van der Waals surface area contributed by atoms with E-state index in [0.29, 0.717) is 25.7 Å². The van der Waals surface area contributed by atoms with Crippen LogP contribution in [0, 0.1) is 11.8 Å². The molecular formula is C18H26N2O3. The van der Waals surface area contributed by atoms with E-state index in [2.05, 4.69) is 5.32 Å². The summed E-state index contributed by atoms with van der Waals surface area (Å²) in [4.78, 5) is 12.3. The van der Waals surface area contributed by atoms with Gasteiger partial charge in [0.05, 0.1) is 12.6 Å². The standard InChI is InChI=1S/C18H26N2O3/c19-17(14-7-9-22-10-8-14)18(21)20-11-15-3-1-2-4-16(15)23-12-13-5-6-13/h1-4,13-14,17H,5-12,19H2,(H,20,21). The number of para-hydroxylation sites is 1. The third-order valence-corrected chi connectivity index (χ3v) is 4.67. The average Bonchev–Trinajstić information content (AvgIpc) is 3.43. The topological polar surface area (TPSA) is 73.6 Å². The first kappa shape index (κ1) is 16.3. The van der Waals surface area contributed by atoms with E-state index in [-0.39, 0.29) is 11.8 Å². The monoisotopic (exact) mass is 318 g/mol. The molecule has 1 saturated carbocycles. The molecule has 0 spiro atoms. The van der Waals surface area contributed by atoms with Crippen LogP contribution in [-0.4, -0.2) is 31.8 Å². The van der Waals surface area contributed by atoms with Gasteiger partial charge in [-0.2, -0.15) is 0 Å². The molecule has 1 atom stereocenters. The third-order valence-electron chi connectivity index (χ3n) is 4.67. The largest absolute Gasteiger partial charge is 0.493 e. The lowest BCUT2D eigenvalue weighted by Crippen LogP contribution is -2.46. The maximum Gasteiger partial charge on any atom is 0.237 e. The van der Waals surface area contributed by atoms with Gasteiger partial charge in [0, 0.05) is 25.3 Å². The molecule has 2 aliphatic rings. The number of nitrogens with one attached hydrogen (secondary N) is 1. The lowest BCUT2D eigenvalue weighted by Gasteiger charge is -2.26. The molecule has 0 radical (unpaired) electrons. The highest BCUT2D eigenvalue weighted by atomic mass is 16.5. The van der Waals surface area contributed by atoms with Crippen LogP contribution >= 0.6 is 0 Å². The van der Waals surface area contributed by atoms with Crippen molar-refractivity contribution >= 4 is 5.91 Å². The molecule has 1 aromatic carbocycles. The fourth-order valence-corrected chi connectivity index (χ4v) is 2.87. The van der Waals surface area contributed by atoms with Crippen LogP contribution < -0.4 is 15.8 Å². The van der Waals surface area contributed by atoms with Gasteiger partial charge >= 0.3 is 0 Å². The van der Waals surface area contributed by atoms with E-state index in [0.717, 1.165) is 30.8 Å². The molecule has 1 aliphatic carbocycles. The second-order valence-corrected chi connectivity index (χ2v) is 6.56. The average molecular weight is 318 g/mol. The second-order valence-electron chi connectivity index (χ2n) is 6.56. The first-order valence-electron chi connectivity index (χ1n) is 8.56. The highest BCUT2D eigenvalue weighted by Gasteiger charge is 2.26. The highest BCUT2D eigenvalue weighted by Crippen LogP contribution is 2.30. The van der Waals surface area contributed by atoms with E-state index in [1.54, 1.807) is 0 Å². The molecule has 3 rings (SSSR count). The Morgan fingerprint density at radius 2 is 2.00 bits per heavy atom. The number of amides is 1. The molecule has 5 nitrogen and oxygen atoms in total. The summed E-state index contributed by atoms with van der Waals surface area (Å²) in [6.07, 6.45) is 4.24. The Morgan fingerprint density at radius 3 is 2.74 bits per heavy atom. The minimum atomic E-state index is -0.460. The van der Waals surface area contributed by atoms with E-state index in [4.69, 9.17) is 15.2 Å². The fraction of sp³-hybridized carbons (Fsp3) is 0.611. The van der Waals surface area contributed by atoms with Crippen LogP contribution in [0.15, 0.2) is 24.3 Å². The normalized spacial score (nSPS) is 20.0. The molecule has 5 heteroatoms. The molecule has 0 bridgehead atoms. The quantitative estimate of drug-likeness (QED) is 0.804. The number of benzene rings is 1. The molecule has 3 N–H and O–H groups in total.